The lowest BCUT2D eigenvalue weighted by Gasteiger charge is -2.14. The van der Waals surface area contributed by atoms with Gasteiger partial charge in [-0.3, -0.25) is 0 Å². The van der Waals surface area contributed by atoms with Crippen molar-refractivity contribution in [3.05, 3.63) is 79.1 Å². The summed E-state index contributed by atoms with van der Waals surface area (Å²) in [6.45, 7) is 0. The maximum absolute atomic E-state index is 9.97. The second-order valence-electron chi connectivity index (χ2n) is 5.47. The van der Waals surface area contributed by atoms with Crippen LogP contribution in [0, 0.1) is 14.1 Å². The average Bonchev–Trinajstić information content (AvgIpc) is 2.61. The Kier molecular flexibility index (Phi) is 6.23. The molecule has 0 saturated carbocycles. The second-order valence-corrected chi connectivity index (χ2v) is 5.47. The molecule has 5 nitrogen and oxygen atoms in total. The summed E-state index contributed by atoms with van der Waals surface area (Å²) in [4.78, 5) is 0. The van der Waals surface area contributed by atoms with Crippen LogP contribution >= 0.6 is 0 Å². The fourth-order valence-corrected chi connectivity index (χ4v) is 2.52. The molecule has 0 radical (unpaired) electrons. The molecule has 0 aliphatic heterocycles. The lowest BCUT2D eigenvalue weighted by Crippen LogP contribution is -2.83. The van der Waals surface area contributed by atoms with E-state index in [0.29, 0.717) is 18.4 Å². The van der Waals surface area contributed by atoms with E-state index in [1.165, 1.54) is 12.1 Å². The van der Waals surface area contributed by atoms with Gasteiger partial charge in [-0.2, -0.15) is 0 Å². The van der Waals surface area contributed by atoms with Gasteiger partial charge >= 0.3 is 0 Å². The van der Waals surface area contributed by atoms with E-state index in [2.05, 4.69) is 14.1 Å². The van der Waals surface area contributed by atoms with E-state index in [9.17, 15) is 10.2 Å². The van der Waals surface area contributed by atoms with Crippen molar-refractivity contribution >= 4 is 0 Å². The molecule has 0 aromatic heterocycles. The molecule has 0 aliphatic carbocycles. The summed E-state index contributed by atoms with van der Waals surface area (Å²) in [5.74, 6) is 1.10. The number of allylic oxidation sites excluding steroid dienone is 2. The first-order chi connectivity index (χ1) is 11.6. The predicted octanol–water partition coefficient (Wildman–Crippen LogP) is 0.813. The number of ether oxygens (including phenoxy) is 1. The molecule has 24 heavy (non-hydrogen) atoms. The van der Waals surface area contributed by atoms with Crippen LogP contribution in [0.2, 0.25) is 0 Å². The second kappa shape index (κ2) is 8.38. The molecule has 0 bridgehead atoms. The molecule has 2 aromatic rings. The molecule has 0 saturated heterocycles. The van der Waals surface area contributed by atoms with E-state index in [-0.39, 0.29) is 11.5 Å². The topological polar surface area (TPSA) is 82.9 Å². The van der Waals surface area contributed by atoms with Crippen LogP contribution in [-0.4, -0.2) is 17.3 Å². The fourth-order valence-electron chi connectivity index (χ4n) is 2.52. The first kappa shape index (κ1) is 17.8. The van der Waals surface area contributed by atoms with E-state index >= 15 is 0 Å². The monoisotopic (exact) mass is 328 g/mol. The number of hydrogen-bond acceptors (Lipinski definition) is 3. The van der Waals surface area contributed by atoms with Crippen molar-refractivity contribution in [2.24, 2.45) is 0 Å². The highest BCUT2D eigenvalue weighted by atomic mass is 16.5. The highest BCUT2D eigenvalue weighted by Crippen LogP contribution is 2.24. The summed E-state index contributed by atoms with van der Waals surface area (Å²) >= 11 is 0. The van der Waals surface area contributed by atoms with Crippen molar-refractivity contribution in [2.45, 2.75) is 12.8 Å². The Balaban J connectivity index is 2.25. The number of phenolic OH excluding ortho intramolecular Hbond substituents is 2. The number of quaternary nitrogens is 2. The molecule has 0 atom stereocenters. The van der Waals surface area contributed by atoms with Crippen LogP contribution in [0.4, 0.5) is 0 Å². The van der Waals surface area contributed by atoms with Gasteiger partial charge in [0.15, 0.2) is 0 Å². The fraction of sp³-hybridized carbons (Fsp3) is 0.158. The van der Waals surface area contributed by atoms with Gasteiger partial charge in [-0.15, -0.1) is 14.1 Å². The minimum atomic E-state index is 0.126. The summed E-state index contributed by atoms with van der Waals surface area (Å²) in [7, 11) is 9.42. The van der Waals surface area contributed by atoms with Gasteiger partial charge < -0.3 is 25.6 Å². The van der Waals surface area contributed by atoms with Crippen molar-refractivity contribution in [1.82, 2.24) is 0 Å². The Hall–Kier alpha value is -2.50. The van der Waals surface area contributed by atoms with Crippen molar-refractivity contribution < 1.29 is 25.6 Å². The van der Waals surface area contributed by atoms with Crippen molar-refractivity contribution in [3.63, 3.8) is 0 Å². The number of nitrogens with two attached hydrogens (primary N) is 2. The van der Waals surface area contributed by atoms with Crippen LogP contribution in [0.15, 0.2) is 53.9 Å². The first-order valence-electron chi connectivity index (χ1n) is 7.68. The van der Waals surface area contributed by atoms with Crippen molar-refractivity contribution in [1.29, 1.82) is 0 Å². The molecule has 0 amide bonds. The average molecular weight is 328 g/mol. The normalized spacial score (nSPS) is 12.0. The number of aromatic hydroxyl groups is 2. The summed E-state index contributed by atoms with van der Waals surface area (Å²) in [5.41, 5.74) is 3.77. The number of hydrogen-bond donors (Lipinski definition) is 4. The molecule has 5 heteroatoms. The summed E-state index contributed by atoms with van der Waals surface area (Å²) in [6, 6.07) is 12.4. The maximum atomic E-state index is 9.97. The number of methoxy groups -OCH3 is 1. The highest BCUT2D eigenvalue weighted by Gasteiger charge is 2.14. The van der Waals surface area contributed by atoms with Gasteiger partial charge in [-0.25, -0.2) is 0 Å². The minimum Gasteiger partial charge on any atom is -0.508 e. The van der Waals surface area contributed by atoms with Crippen LogP contribution in [-0.2, 0) is 12.8 Å². The predicted molar refractivity (Wildman–Crippen MR) is 91.8 cm³/mol. The van der Waals surface area contributed by atoms with E-state index in [0.717, 1.165) is 22.7 Å². The Labute approximate surface area is 142 Å². The van der Waals surface area contributed by atoms with Crippen LogP contribution < -0.4 is 15.4 Å². The zero-order valence-corrected chi connectivity index (χ0v) is 13.8. The van der Waals surface area contributed by atoms with Crippen LogP contribution in [0.3, 0.4) is 0 Å². The molecule has 0 spiro atoms. The SMILES string of the molecule is [CH2-][NH2+]C(Cc1ccc(OC)cc1)=C(Cc1cc(O)ccc1O)[NH2+][CH2-]. The molecule has 2 rings (SSSR count). The Bertz CT molecular complexity index is 709. The standard InChI is InChI=1S/C19H24N2O3/c1-20-17(10-13-4-7-16(24-3)8-5-13)18(21-2)12-14-11-15(22)6-9-19(14)23/h4-9,11,22-23H,1-2,10,12,20-21H2,3H3. The Morgan fingerprint density at radius 3 is 2.17 bits per heavy atom. The van der Waals surface area contributed by atoms with E-state index in [4.69, 9.17) is 4.74 Å². The smallest absolute Gasteiger partial charge is 0.139 e. The minimum absolute atomic E-state index is 0.126. The summed E-state index contributed by atoms with van der Waals surface area (Å²) in [5, 5.41) is 23.2. The van der Waals surface area contributed by atoms with Gasteiger partial charge in [0.05, 0.1) is 20.0 Å². The van der Waals surface area contributed by atoms with Crippen LogP contribution in [0.5, 0.6) is 17.2 Å². The van der Waals surface area contributed by atoms with E-state index < -0.39 is 0 Å². The van der Waals surface area contributed by atoms with Gasteiger partial charge in [0, 0.05) is 5.56 Å². The van der Waals surface area contributed by atoms with E-state index in [1.807, 2.05) is 24.3 Å². The van der Waals surface area contributed by atoms with Crippen LogP contribution in [0.1, 0.15) is 11.1 Å². The Morgan fingerprint density at radius 2 is 1.58 bits per heavy atom. The lowest BCUT2D eigenvalue weighted by molar-refractivity contribution is -0.590. The third-order valence-corrected chi connectivity index (χ3v) is 3.90. The maximum Gasteiger partial charge on any atom is 0.139 e. The van der Waals surface area contributed by atoms with Gasteiger partial charge in [-0.05, 0) is 35.9 Å². The number of benzene rings is 2. The lowest BCUT2D eigenvalue weighted by atomic mass is 10.0. The molecule has 0 aliphatic rings. The van der Waals surface area contributed by atoms with Gasteiger partial charge in [-0.1, -0.05) is 12.1 Å². The quantitative estimate of drug-likeness (QED) is 0.448. The number of rotatable bonds is 7. The third kappa shape index (κ3) is 4.50. The van der Waals surface area contributed by atoms with Gasteiger partial charge in [0.2, 0.25) is 0 Å². The zero-order valence-electron chi connectivity index (χ0n) is 13.8. The molecule has 2 aromatic carbocycles. The van der Waals surface area contributed by atoms with E-state index in [1.54, 1.807) is 23.8 Å². The summed E-state index contributed by atoms with van der Waals surface area (Å²) < 4.78 is 5.17. The Morgan fingerprint density at radius 1 is 0.958 bits per heavy atom. The molecular formula is C19H24N2O3. The van der Waals surface area contributed by atoms with Crippen molar-refractivity contribution in [2.75, 3.05) is 7.11 Å². The molecule has 0 unspecified atom stereocenters. The summed E-state index contributed by atoms with van der Waals surface area (Å²) in [6.07, 6.45) is 1.18. The van der Waals surface area contributed by atoms with Crippen LogP contribution in [0.25, 0.3) is 0 Å². The zero-order chi connectivity index (χ0) is 17.5. The molecule has 0 fully saturated rings. The molecule has 128 valence electrons. The molecule has 0 heterocycles. The van der Waals surface area contributed by atoms with Gasteiger partial charge in [0.1, 0.15) is 28.6 Å². The molecular weight excluding hydrogens is 304 g/mol. The first-order valence-corrected chi connectivity index (χ1v) is 7.68. The third-order valence-electron chi connectivity index (χ3n) is 3.90. The highest BCUT2D eigenvalue weighted by molar-refractivity contribution is 5.40. The van der Waals surface area contributed by atoms with Crippen molar-refractivity contribution in [3.8, 4) is 17.2 Å². The van der Waals surface area contributed by atoms with Gasteiger partial charge in [0.25, 0.3) is 0 Å². The molecule has 6 N–H and O–H groups in total. The largest absolute Gasteiger partial charge is 0.508 e. The number of phenols is 2.